The highest BCUT2D eigenvalue weighted by Crippen LogP contribution is 2.46. The topological polar surface area (TPSA) is 66.9 Å². The number of anilines is 1. The fraction of sp³-hybridized carbons (Fsp3) is 0.258. The molecule has 0 aromatic heterocycles. The molecule has 2 aliphatic heterocycles. The maximum Gasteiger partial charge on any atom is 0.329 e. The first-order valence-corrected chi connectivity index (χ1v) is 12.4. The molecule has 2 heterocycles. The molecule has 6 heteroatoms. The number of hydrogen-bond donors (Lipinski definition) is 0. The number of ketones is 1. The number of carbonyl (C=O) groups is 3. The van der Waals surface area contributed by atoms with Gasteiger partial charge in [0.2, 0.25) is 0 Å². The fourth-order valence-electron chi connectivity index (χ4n) is 5.39. The molecule has 1 atom stereocenters. The Hall–Kier alpha value is -4.19. The van der Waals surface area contributed by atoms with Crippen molar-refractivity contribution in [3.63, 3.8) is 0 Å². The van der Waals surface area contributed by atoms with E-state index in [1.54, 1.807) is 35.2 Å². The highest BCUT2D eigenvalue weighted by molar-refractivity contribution is 5.98. The zero-order valence-electron chi connectivity index (χ0n) is 21.3. The molecular weight excluding hydrogens is 464 g/mol. The van der Waals surface area contributed by atoms with Gasteiger partial charge in [-0.15, -0.1) is 0 Å². The van der Waals surface area contributed by atoms with Crippen LogP contribution in [0.4, 0.5) is 5.69 Å². The smallest absolute Gasteiger partial charge is 0.329 e. The molecule has 3 aromatic carbocycles. The van der Waals surface area contributed by atoms with Crippen molar-refractivity contribution in [3.05, 3.63) is 113 Å². The summed E-state index contributed by atoms with van der Waals surface area (Å²) < 4.78 is 5.52. The second-order valence-corrected chi connectivity index (χ2v) is 10.1. The number of rotatable bonds is 5. The number of fused-ring (bicyclic) bond motifs is 2. The number of allylic oxidation sites excluding steroid dienone is 1. The van der Waals surface area contributed by atoms with Gasteiger partial charge in [0.05, 0.1) is 0 Å². The van der Waals surface area contributed by atoms with Crippen LogP contribution in [-0.2, 0) is 32.7 Å². The molecule has 6 nitrogen and oxygen atoms in total. The Bertz CT molecular complexity index is 1390. The zero-order valence-corrected chi connectivity index (χ0v) is 21.3. The van der Waals surface area contributed by atoms with E-state index in [0.717, 1.165) is 28.1 Å². The van der Waals surface area contributed by atoms with Crippen LogP contribution in [0.25, 0.3) is 0 Å². The molecule has 2 aliphatic rings. The van der Waals surface area contributed by atoms with E-state index < -0.39 is 12.0 Å². The molecule has 0 N–H and O–H groups in total. The van der Waals surface area contributed by atoms with Gasteiger partial charge >= 0.3 is 5.97 Å². The molecular formula is C31H30N2O4. The summed E-state index contributed by atoms with van der Waals surface area (Å²) in [6.45, 7) is 4.08. The summed E-state index contributed by atoms with van der Waals surface area (Å²) in [5.41, 5.74) is 5.21. The van der Waals surface area contributed by atoms with Gasteiger partial charge in [-0.1, -0.05) is 74.5 Å². The fourth-order valence-corrected chi connectivity index (χ4v) is 5.39. The molecule has 0 saturated carbocycles. The number of amides is 1. The summed E-state index contributed by atoms with van der Waals surface area (Å²) in [4.78, 5) is 43.1. The Balaban J connectivity index is 1.33. The molecule has 0 aliphatic carbocycles. The van der Waals surface area contributed by atoms with Crippen LogP contribution in [0.3, 0.4) is 0 Å². The first kappa shape index (κ1) is 24.5. The predicted molar refractivity (Wildman–Crippen MR) is 142 cm³/mol. The van der Waals surface area contributed by atoms with Crippen molar-refractivity contribution in [2.24, 2.45) is 0 Å². The van der Waals surface area contributed by atoms with Crippen molar-refractivity contribution >= 4 is 23.3 Å². The number of para-hydroxylation sites is 1. The lowest BCUT2D eigenvalue weighted by molar-refractivity contribution is -0.152. The lowest BCUT2D eigenvalue weighted by Gasteiger charge is -2.35. The van der Waals surface area contributed by atoms with Crippen LogP contribution < -0.4 is 4.90 Å². The van der Waals surface area contributed by atoms with E-state index >= 15 is 0 Å². The van der Waals surface area contributed by atoms with E-state index in [1.807, 2.05) is 60.5 Å². The third-order valence-electron chi connectivity index (χ3n) is 7.40. The standard InChI is InChI=1S/C31H30N2O4/c1-31(2)25-15-9-10-16-26(25)32(3)28(31)18-24(34)20-37-30(36)27-17-22-13-7-8-14-23(22)19-33(27)29(35)21-11-5-4-6-12-21/h4-16,18,27H,17,19-20H2,1-3H3/b28-18-/t27-/m1/s1. The molecule has 0 unspecified atom stereocenters. The van der Waals surface area contributed by atoms with E-state index in [0.29, 0.717) is 18.5 Å². The van der Waals surface area contributed by atoms with Crippen LogP contribution in [-0.4, -0.2) is 42.3 Å². The van der Waals surface area contributed by atoms with E-state index in [1.165, 1.54) is 0 Å². The number of nitrogens with zero attached hydrogens (tertiary/aromatic N) is 2. The van der Waals surface area contributed by atoms with Crippen LogP contribution in [0.5, 0.6) is 0 Å². The van der Waals surface area contributed by atoms with Gasteiger partial charge < -0.3 is 14.5 Å². The normalized spacial score (nSPS) is 18.8. The average Bonchev–Trinajstić information content (AvgIpc) is 3.11. The van der Waals surface area contributed by atoms with E-state index in [-0.39, 0.29) is 23.7 Å². The summed E-state index contributed by atoms with van der Waals surface area (Å²) in [6.07, 6.45) is 1.91. The summed E-state index contributed by atoms with van der Waals surface area (Å²) in [5, 5.41) is 0. The van der Waals surface area contributed by atoms with E-state index in [9.17, 15) is 14.4 Å². The molecule has 0 radical (unpaired) electrons. The van der Waals surface area contributed by atoms with Crippen molar-refractivity contribution in [1.82, 2.24) is 4.90 Å². The summed E-state index contributed by atoms with van der Waals surface area (Å²) in [5.74, 6) is -1.11. The minimum Gasteiger partial charge on any atom is -0.456 e. The molecule has 5 rings (SSSR count). The van der Waals surface area contributed by atoms with Crippen molar-refractivity contribution in [2.75, 3.05) is 18.6 Å². The first-order chi connectivity index (χ1) is 17.8. The van der Waals surface area contributed by atoms with Crippen molar-refractivity contribution < 1.29 is 19.1 Å². The Labute approximate surface area is 217 Å². The molecule has 37 heavy (non-hydrogen) atoms. The lowest BCUT2D eigenvalue weighted by Crippen LogP contribution is -2.49. The van der Waals surface area contributed by atoms with Gasteiger partial charge in [-0.2, -0.15) is 0 Å². The van der Waals surface area contributed by atoms with E-state index in [2.05, 4.69) is 19.9 Å². The van der Waals surface area contributed by atoms with Crippen LogP contribution in [0.15, 0.2) is 90.6 Å². The highest BCUT2D eigenvalue weighted by atomic mass is 16.5. The molecule has 3 aromatic rings. The van der Waals surface area contributed by atoms with Crippen LogP contribution in [0.2, 0.25) is 0 Å². The number of carbonyl (C=O) groups excluding carboxylic acids is 3. The largest absolute Gasteiger partial charge is 0.456 e. The second-order valence-electron chi connectivity index (χ2n) is 10.1. The van der Waals surface area contributed by atoms with Crippen LogP contribution >= 0.6 is 0 Å². The minimum atomic E-state index is -0.807. The predicted octanol–water partition coefficient (Wildman–Crippen LogP) is 4.68. The average molecular weight is 495 g/mol. The number of esters is 1. The Morgan fingerprint density at radius 1 is 0.919 bits per heavy atom. The maximum atomic E-state index is 13.3. The molecule has 0 spiro atoms. The van der Waals surface area contributed by atoms with Crippen LogP contribution in [0.1, 0.15) is 40.9 Å². The molecule has 0 fully saturated rings. The van der Waals surface area contributed by atoms with Gasteiger partial charge in [-0.05, 0) is 34.9 Å². The second kappa shape index (κ2) is 9.69. The van der Waals surface area contributed by atoms with Crippen molar-refractivity contribution in [3.8, 4) is 0 Å². The quantitative estimate of drug-likeness (QED) is 0.381. The summed E-state index contributed by atoms with van der Waals surface area (Å²) in [7, 11) is 1.94. The van der Waals surface area contributed by atoms with Gasteiger partial charge in [0, 0.05) is 48.5 Å². The number of benzene rings is 3. The Morgan fingerprint density at radius 3 is 2.30 bits per heavy atom. The third-order valence-corrected chi connectivity index (χ3v) is 7.40. The Morgan fingerprint density at radius 2 is 1.57 bits per heavy atom. The summed E-state index contributed by atoms with van der Waals surface area (Å²) >= 11 is 0. The van der Waals surface area contributed by atoms with Gasteiger partial charge in [0.25, 0.3) is 5.91 Å². The number of hydrogen-bond acceptors (Lipinski definition) is 5. The van der Waals surface area contributed by atoms with Gasteiger partial charge in [-0.25, -0.2) is 4.79 Å². The zero-order chi connectivity index (χ0) is 26.2. The minimum absolute atomic E-state index is 0.238. The lowest BCUT2D eigenvalue weighted by atomic mass is 9.83. The van der Waals surface area contributed by atoms with Crippen LogP contribution in [0, 0.1) is 0 Å². The number of likely N-dealkylation sites (N-methyl/N-ethyl adjacent to an activating group) is 1. The molecule has 1 amide bonds. The monoisotopic (exact) mass is 494 g/mol. The van der Waals surface area contributed by atoms with E-state index in [4.69, 9.17) is 4.74 Å². The first-order valence-electron chi connectivity index (χ1n) is 12.4. The van der Waals surface area contributed by atoms with Crippen molar-refractivity contribution in [1.29, 1.82) is 0 Å². The Kier molecular flexibility index (Phi) is 6.42. The molecule has 188 valence electrons. The SMILES string of the molecule is CN1/C(=C\C(=O)COC(=O)[C@H]2Cc3ccccc3CN2C(=O)c2ccccc2)C(C)(C)c2ccccc21. The van der Waals surface area contributed by atoms with Gasteiger partial charge in [0.15, 0.2) is 12.4 Å². The molecule has 0 saturated heterocycles. The highest BCUT2D eigenvalue weighted by Gasteiger charge is 2.39. The van der Waals surface area contributed by atoms with Gasteiger partial charge in [0.1, 0.15) is 6.04 Å². The maximum absolute atomic E-state index is 13.3. The van der Waals surface area contributed by atoms with Gasteiger partial charge in [-0.3, -0.25) is 9.59 Å². The molecule has 0 bridgehead atoms. The van der Waals surface area contributed by atoms with Crippen molar-refractivity contribution in [2.45, 2.75) is 38.3 Å². The third kappa shape index (κ3) is 4.55. The number of ether oxygens (including phenoxy) is 1. The summed E-state index contributed by atoms with van der Waals surface area (Å²) in [6, 6.07) is 23.9.